The molecule has 1 heterocycles. The second-order valence-electron chi connectivity index (χ2n) is 4.53. The van der Waals surface area contributed by atoms with Crippen LogP contribution in [0.4, 0.5) is 17.2 Å². The zero-order valence-corrected chi connectivity index (χ0v) is 14.1. The molecule has 0 saturated carbocycles. The van der Waals surface area contributed by atoms with Crippen molar-refractivity contribution in [1.29, 1.82) is 0 Å². The highest BCUT2D eigenvalue weighted by Crippen LogP contribution is 2.23. The molecule has 5 nitrogen and oxygen atoms in total. The number of benzene rings is 1. The molecule has 0 radical (unpaired) electrons. The second kappa shape index (κ2) is 6.44. The molecule has 0 aliphatic rings. The lowest BCUT2D eigenvalue weighted by atomic mass is 10.2. The zero-order valence-electron chi connectivity index (χ0n) is 11.7. The van der Waals surface area contributed by atoms with Crippen LogP contribution < -0.4 is 10.0 Å². The first kappa shape index (κ1) is 15.8. The average molecular weight is 370 g/mol. The molecular formula is C14H16BrN3O2S. The summed E-state index contributed by atoms with van der Waals surface area (Å²) < 4.78 is 26.3. The van der Waals surface area contributed by atoms with Crippen LogP contribution in [0, 0.1) is 6.92 Å². The van der Waals surface area contributed by atoms with Crippen LogP contribution in [-0.2, 0) is 10.0 Å². The van der Waals surface area contributed by atoms with Crippen LogP contribution in [-0.4, -0.2) is 19.2 Å². The lowest BCUT2D eigenvalue weighted by Crippen LogP contribution is -2.15. The summed E-state index contributed by atoms with van der Waals surface area (Å²) in [5.41, 5.74) is 2.86. The number of rotatable bonds is 5. The maximum atomic E-state index is 11.4. The minimum absolute atomic E-state index is 0.0207. The predicted octanol–water partition coefficient (Wildman–Crippen LogP) is 3.66. The molecule has 2 rings (SSSR count). The number of nitrogens with one attached hydrogen (secondary N) is 2. The van der Waals surface area contributed by atoms with Gasteiger partial charge in [-0.2, -0.15) is 0 Å². The van der Waals surface area contributed by atoms with Gasteiger partial charge in [-0.3, -0.25) is 4.72 Å². The monoisotopic (exact) mass is 369 g/mol. The highest BCUT2D eigenvalue weighted by atomic mass is 79.9. The van der Waals surface area contributed by atoms with Gasteiger partial charge in [-0.05, 0) is 49.7 Å². The summed E-state index contributed by atoms with van der Waals surface area (Å²) >= 11 is 3.45. The van der Waals surface area contributed by atoms with Gasteiger partial charge in [0.15, 0.2) is 0 Å². The van der Waals surface area contributed by atoms with Gasteiger partial charge in [-0.1, -0.05) is 15.9 Å². The maximum Gasteiger partial charge on any atom is 0.233 e. The Hall–Kier alpha value is -1.60. The predicted molar refractivity (Wildman–Crippen MR) is 89.5 cm³/mol. The Morgan fingerprint density at radius 2 is 1.90 bits per heavy atom. The molecule has 2 N–H and O–H groups in total. The molecule has 112 valence electrons. The molecule has 0 fully saturated rings. The summed E-state index contributed by atoms with van der Waals surface area (Å²) in [6, 6.07) is 9.33. The van der Waals surface area contributed by atoms with E-state index in [0.717, 1.165) is 21.4 Å². The van der Waals surface area contributed by atoms with Crippen molar-refractivity contribution in [1.82, 2.24) is 4.98 Å². The van der Waals surface area contributed by atoms with Gasteiger partial charge in [0.1, 0.15) is 5.82 Å². The first-order chi connectivity index (χ1) is 9.89. The molecule has 0 spiro atoms. The van der Waals surface area contributed by atoms with Crippen LogP contribution in [0.1, 0.15) is 12.5 Å². The zero-order chi connectivity index (χ0) is 15.5. The fourth-order valence-electron chi connectivity index (χ4n) is 1.65. The highest BCUT2D eigenvalue weighted by Gasteiger charge is 2.07. The number of nitrogens with zero attached hydrogens (tertiary/aromatic N) is 1. The second-order valence-corrected chi connectivity index (χ2v) is 7.39. The number of aryl methyl sites for hydroxylation is 1. The molecule has 0 aliphatic carbocycles. The van der Waals surface area contributed by atoms with Crippen LogP contribution in [0.25, 0.3) is 0 Å². The lowest BCUT2D eigenvalue weighted by Gasteiger charge is -2.09. The highest BCUT2D eigenvalue weighted by molar-refractivity contribution is 9.10. The Morgan fingerprint density at radius 1 is 1.19 bits per heavy atom. The van der Waals surface area contributed by atoms with Gasteiger partial charge in [-0.15, -0.1) is 0 Å². The average Bonchev–Trinajstić information content (AvgIpc) is 2.45. The Bertz CT molecular complexity index is 730. The summed E-state index contributed by atoms with van der Waals surface area (Å²) in [5.74, 6) is 0.335. The lowest BCUT2D eigenvalue weighted by molar-refractivity contribution is 0.602. The molecule has 0 bridgehead atoms. The summed E-state index contributed by atoms with van der Waals surface area (Å²) in [5, 5.41) is 3.22. The molecule has 0 amide bonds. The fraction of sp³-hybridized carbons (Fsp3) is 0.214. The van der Waals surface area contributed by atoms with Gasteiger partial charge in [0.25, 0.3) is 0 Å². The summed E-state index contributed by atoms with van der Waals surface area (Å²) in [6.45, 7) is 3.59. The van der Waals surface area contributed by atoms with E-state index in [1.54, 1.807) is 25.3 Å². The Kier molecular flexibility index (Phi) is 4.84. The molecule has 21 heavy (non-hydrogen) atoms. The molecule has 1 aromatic heterocycles. The van der Waals surface area contributed by atoms with E-state index in [1.165, 1.54) is 0 Å². The molecule has 0 aliphatic heterocycles. The Morgan fingerprint density at radius 3 is 2.48 bits per heavy atom. The molecule has 0 unspecified atom stereocenters. The minimum atomic E-state index is -3.29. The number of anilines is 3. The topological polar surface area (TPSA) is 71.1 Å². The van der Waals surface area contributed by atoms with Crippen molar-refractivity contribution in [2.24, 2.45) is 0 Å². The van der Waals surface area contributed by atoms with Gasteiger partial charge in [0.05, 0.1) is 17.6 Å². The molecule has 1 aromatic carbocycles. The van der Waals surface area contributed by atoms with E-state index < -0.39 is 10.0 Å². The van der Waals surface area contributed by atoms with Crippen LogP contribution in [0.15, 0.2) is 41.0 Å². The molecule has 7 heteroatoms. The molecule has 0 atom stereocenters. The smallest absolute Gasteiger partial charge is 0.233 e. The maximum absolute atomic E-state index is 11.4. The van der Waals surface area contributed by atoms with Gasteiger partial charge in [0.2, 0.25) is 10.0 Å². The number of hydrogen-bond donors (Lipinski definition) is 2. The van der Waals surface area contributed by atoms with Crippen LogP contribution in [0.5, 0.6) is 0 Å². The standard InChI is InChI=1S/C14H16BrN3O2S/c1-3-21(19,20)18-14-7-5-12(9-16-14)17-11-4-6-13(15)10(2)8-11/h4-9,17H,3H2,1-2H3,(H,16,18). The van der Waals surface area contributed by atoms with E-state index in [2.05, 4.69) is 31.0 Å². The van der Waals surface area contributed by atoms with Crippen molar-refractivity contribution in [3.05, 3.63) is 46.6 Å². The van der Waals surface area contributed by atoms with E-state index in [1.807, 2.05) is 25.1 Å². The quantitative estimate of drug-likeness (QED) is 0.843. The van der Waals surface area contributed by atoms with E-state index in [-0.39, 0.29) is 5.75 Å². The summed E-state index contributed by atoms with van der Waals surface area (Å²) in [6.07, 6.45) is 1.59. The van der Waals surface area contributed by atoms with Crippen molar-refractivity contribution in [3.8, 4) is 0 Å². The minimum Gasteiger partial charge on any atom is -0.354 e. The van der Waals surface area contributed by atoms with E-state index in [9.17, 15) is 8.42 Å². The van der Waals surface area contributed by atoms with Crippen LogP contribution in [0.2, 0.25) is 0 Å². The van der Waals surface area contributed by atoms with Crippen molar-refractivity contribution in [3.63, 3.8) is 0 Å². The number of aromatic nitrogens is 1. The largest absolute Gasteiger partial charge is 0.354 e. The van der Waals surface area contributed by atoms with Crippen molar-refractivity contribution in [2.45, 2.75) is 13.8 Å². The third kappa shape index (κ3) is 4.44. The van der Waals surface area contributed by atoms with Crippen molar-refractivity contribution in [2.75, 3.05) is 15.8 Å². The van der Waals surface area contributed by atoms with Gasteiger partial charge >= 0.3 is 0 Å². The van der Waals surface area contributed by atoms with Crippen molar-refractivity contribution < 1.29 is 8.42 Å². The van der Waals surface area contributed by atoms with E-state index in [4.69, 9.17) is 0 Å². The number of halogens is 1. The number of pyridine rings is 1. The van der Waals surface area contributed by atoms with E-state index >= 15 is 0 Å². The fourth-order valence-corrected chi connectivity index (χ4v) is 2.48. The Labute approximate surface area is 133 Å². The van der Waals surface area contributed by atoms with E-state index in [0.29, 0.717) is 5.82 Å². The summed E-state index contributed by atoms with van der Waals surface area (Å²) in [4.78, 5) is 4.09. The summed E-state index contributed by atoms with van der Waals surface area (Å²) in [7, 11) is -3.29. The molecular weight excluding hydrogens is 354 g/mol. The first-order valence-electron chi connectivity index (χ1n) is 6.39. The van der Waals surface area contributed by atoms with Gasteiger partial charge in [-0.25, -0.2) is 13.4 Å². The molecule has 0 saturated heterocycles. The van der Waals surface area contributed by atoms with Gasteiger partial charge in [0, 0.05) is 10.2 Å². The SMILES string of the molecule is CCS(=O)(=O)Nc1ccc(Nc2ccc(Br)c(C)c2)cn1. The number of sulfonamides is 1. The normalized spacial score (nSPS) is 11.2. The van der Waals surface area contributed by atoms with Gasteiger partial charge < -0.3 is 5.32 Å². The Balaban J connectivity index is 2.10. The van der Waals surface area contributed by atoms with Crippen LogP contribution in [0.3, 0.4) is 0 Å². The third-order valence-corrected chi connectivity index (χ3v) is 5.02. The third-order valence-electron chi connectivity index (χ3n) is 2.85. The first-order valence-corrected chi connectivity index (χ1v) is 8.84. The number of hydrogen-bond acceptors (Lipinski definition) is 4. The van der Waals surface area contributed by atoms with Crippen molar-refractivity contribution >= 4 is 43.1 Å². The van der Waals surface area contributed by atoms with Crippen LogP contribution >= 0.6 is 15.9 Å². The molecule has 2 aromatic rings.